The van der Waals surface area contributed by atoms with Crippen molar-refractivity contribution in [2.24, 2.45) is 0 Å². The Balaban J connectivity index is 1.55. The number of hydrogen-bond donors (Lipinski definition) is 0. The third-order valence-corrected chi connectivity index (χ3v) is 8.78. The fourth-order valence-corrected chi connectivity index (χ4v) is 7.19. The summed E-state index contributed by atoms with van der Waals surface area (Å²) in [7, 11) is 0. The molecule has 0 amide bonds. The van der Waals surface area contributed by atoms with Crippen LogP contribution in [0.25, 0.3) is 74.7 Å². The van der Waals surface area contributed by atoms with Crippen molar-refractivity contribution in [2.45, 2.75) is 0 Å². The zero-order valence-corrected chi connectivity index (χ0v) is 20.9. The predicted molar refractivity (Wildman–Crippen MR) is 163 cm³/mol. The van der Waals surface area contributed by atoms with E-state index in [1.165, 1.54) is 74.7 Å². The molecule has 0 bridgehead atoms. The molecule has 0 N–H and O–H groups in total. The molecule has 0 unspecified atom stereocenters. The van der Waals surface area contributed by atoms with Gasteiger partial charge in [0.2, 0.25) is 0 Å². The molecule has 0 saturated heterocycles. The van der Waals surface area contributed by atoms with E-state index in [2.05, 4.69) is 133 Å². The second-order valence-electron chi connectivity index (χ2n) is 9.68. The molecule has 1 aromatic heterocycles. The van der Waals surface area contributed by atoms with Gasteiger partial charge in [0.1, 0.15) is 0 Å². The summed E-state index contributed by atoms with van der Waals surface area (Å²) >= 11 is 1.88. The summed E-state index contributed by atoms with van der Waals surface area (Å²) in [6, 6.07) is 49.0. The summed E-state index contributed by atoms with van der Waals surface area (Å²) in [4.78, 5) is 0. The third-order valence-electron chi connectivity index (χ3n) is 7.64. The third kappa shape index (κ3) is 3.08. The van der Waals surface area contributed by atoms with Crippen molar-refractivity contribution in [2.75, 3.05) is 0 Å². The van der Waals surface area contributed by atoms with Crippen LogP contribution in [-0.4, -0.2) is 0 Å². The van der Waals surface area contributed by atoms with Crippen molar-refractivity contribution in [3.8, 4) is 22.3 Å². The molecule has 0 aliphatic carbocycles. The van der Waals surface area contributed by atoms with Gasteiger partial charge in [-0.1, -0.05) is 115 Å². The highest BCUT2D eigenvalue weighted by molar-refractivity contribution is 7.25. The summed E-state index contributed by atoms with van der Waals surface area (Å²) in [5.41, 5.74) is 5.21. The zero-order chi connectivity index (χ0) is 24.3. The molecule has 0 radical (unpaired) electrons. The lowest BCUT2D eigenvalue weighted by Crippen LogP contribution is -1.91. The lowest BCUT2D eigenvalue weighted by Gasteiger charge is -2.18. The van der Waals surface area contributed by atoms with Gasteiger partial charge in [-0.15, -0.1) is 11.3 Å². The molecule has 0 nitrogen and oxygen atoms in total. The quantitative estimate of drug-likeness (QED) is 0.213. The molecule has 8 rings (SSSR count). The van der Waals surface area contributed by atoms with Crippen LogP contribution in [0.1, 0.15) is 0 Å². The number of hydrogen-bond acceptors (Lipinski definition) is 1. The Morgan fingerprint density at radius 3 is 1.68 bits per heavy atom. The molecule has 0 aliphatic heterocycles. The van der Waals surface area contributed by atoms with Crippen molar-refractivity contribution >= 4 is 63.8 Å². The van der Waals surface area contributed by atoms with Crippen LogP contribution in [0.4, 0.5) is 0 Å². The molecule has 1 heterocycles. The van der Waals surface area contributed by atoms with E-state index >= 15 is 0 Å². The molecule has 7 aromatic carbocycles. The van der Waals surface area contributed by atoms with Crippen LogP contribution in [0.2, 0.25) is 0 Å². The average Bonchev–Trinajstić information content (AvgIpc) is 3.35. The fraction of sp³-hybridized carbons (Fsp3) is 0. The summed E-state index contributed by atoms with van der Waals surface area (Å²) in [5, 5.41) is 10.4. The first-order valence-corrected chi connectivity index (χ1v) is 13.5. The topological polar surface area (TPSA) is 0 Å². The number of fused-ring (bicyclic) bond motifs is 6. The SMILES string of the molecule is c1ccc2cc(-c3c4ccccc4c(-c4cccc5sc6ccccc6c45)c4ccccc34)ccc2c1. The van der Waals surface area contributed by atoms with Crippen molar-refractivity contribution in [1.82, 2.24) is 0 Å². The molecule has 0 spiro atoms. The lowest BCUT2D eigenvalue weighted by atomic mass is 9.84. The summed E-state index contributed by atoms with van der Waals surface area (Å²) in [6.45, 7) is 0. The van der Waals surface area contributed by atoms with E-state index < -0.39 is 0 Å². The van der Waals surface area contributed by atoms with Gasteiger partial charge in [-0.2, -0.15) is 0 Å². The Morgan fingerprint density at radius 2 is 0.946 bits per heavy atom. The van der Waals surface area contributed by atoms with Crippen molar-refractivity contribution in [1.29, 1.82) is 0 Å². The Bertz CT molecular complexity index is 2090. The van der Waals surface area contributed by atoms with Crippen LogP contribution in [0.5, 0.6) is 0 Å². The Hall–Kier alpha value is -4.46. The van der Waals surface area contributed by atoms with Gasteiger partial charge in [0, 0.05) is 20.2 Å². The molecule has 0 aliphatic rings. The Kier molecular flexibility index (Phi) is 4.49. The van der Waals surface area contributed by atoms with E-state index in [1.54, 1.807) is 0 Å². The molecule has 37 heavy (non-hydrogen) atoms. The molecule has 1 heteroatoms. The maximum Gasteiger partial charge on any atom is 0.0361 e. The Labute approximate surface area is 219 Å². The first-order chi connectivity index (χ1) is 18.4. The van der Waals surface area contributed by atoms with Crippen LogP contribution in [-0.2, 0) is 0 Å². The minimum absolute atomic E-state index is 1.26. The van der Waals surface area contributed by atoms with Gasteiger partial charge in [-0.25, -0.2) is 0 Å². The Morgan fingerprint density at radius 1 is 0.378 bits per heavy atom. The standard InChI is InChI=1S/C36H22S/c1-2-11-24-22-25(21-20-23(24)10-1)34-26-12-3-5-14-28(26)35(29-15-6-4-13-27(29)34)31-17-9-19-33-36(31)30-16-7-8-18-32(30)37-33/h1-22H. The maximum absolute atomic E-state index is 2.34. The van der Waals surface area contributed by atoms with Gasteiger partial charge in [0.25, 0.3) is 0 Å². The molecule has 8 aromatic rings. The van der Waals surface area contributed by atoms with Gasteiger partial charge in [-0.05, 0) is 72.8 Å². The molecule has 0 atom stereocenters. The van der Waals surface area contributed by atoms with Crippen LogP contribution < -0.4 is 0 Å². The van der Waals surface area contributed by atoms with Crippen LogP contribution >= 0.6 is 11.3 Å². The van der Waals surface area contributed by atoms with E-state index in [9.17, 15) is 0 Å². The van der Waals surface area contributed by atoms with Gasteiger partial charge in [0.05, 0.1) is 0 Å². The highest BCUT2D eigenvalue weighted by Gasteiger charge is 2.19. The summed E-state index contributed by atoms with van der Waals surface area (Å²) in [6.07, 6.45) is 0. The monoisotopic (exact) mass is 486 g/mol. The second-order valence-corrected chi connectivity index (χ2v) is 10.8. The van der Waals surface area contributed by atoms with Gasteiger partial charge >= 0.3 is 0 Å². The van der Waals surface area contributed by atoms with Crippen molar-refractivity contribution in [3.63, 3.8) is 0 Å². The van der Waals surface area contributed by atoms with Crippen LogP contribution in [0.15, 0.2) is 133 Å². The smallest absolute Gasteiger partial charge is 0.0361 e. The molecular weight excluding hydrogens is 464 g/mol. The zero-order valence-electron chi connectivity index (χ0n) is 20.1. The minimum Gasteiger partial charge on any atom is -0.135 e. The summed E-state index contributed by atoms with van der Waals surface area (Å²) < 4.78 is 2.68. The van der Waals surface area contributed by atoms with Crippen LogP contribution in [0, 0.1) is 0 Å². The van der Waals surface area contributed by atoms with Gasteiger partial charge < -0.3 is 0 Å². The normalized spacial score (nSPS) is 11.8. The maximum atomic E-state index is 2.34. The molecule has 172 valence electrons. The number of benzene rings is 7. The van der Waals surface area contributed by atoms with Crippen LogP contribution in [0.3, 0.4) is 0 Å². The molecular formula is C36H22S. The van der Waals surface area contributed by atoms with Gasteiger partial charge in [-0.3, -0.25) is 0 Å². The predicted octanol–water partition coefficient (Wildman–Crippen LogP) is 10.8. The number of rotatable bonds is 2. The molecule has 0 saturated carbocycles. The van der Waals surface area contributed by atoms with E-state index in [0.717, 1.165) is 0 Å². The molecule has 0 fully saturated rings. The van der Waals surface area contributed by atoms with E-state index in [-0.39, 0.29) is 0 Å². The minimum atomic E-state index is 1.26. The van der Waals surface area contributed by atoms with E-state index in [4.69, 9.17) is 0 Å². The summed E-state index contributed by atoms with van der Waals surface area (Å²) in [5.74, 6) is 0. The number of thiophene rings is 1. The lowest BCUT2D eigenvalue weighted by molar-refractivity contribution is 1.69. The largest absolute Gasteiger partial charge is 0.135 e. The first-order valence-electron chi connectivity index (χ1n) is 12.7. The van der Waals surface area contributed by atoms with E-state index in [1.807, 2.05) is 11.3 Å². The average molecular weight is 487 g/mol. The van der Waals surface area contributed by atoms with Crippen molar-refractivity contribution in [3.05, 3.63) is 133 Å². The highest BCUT2D eigenvalue weighted by atomic mass is 32.1. The second kappa shape index (κ2) is 8.03. The van der Waals surface area contributed by atoms with Crippen molar-refractivity contribution < 1.29 is 0 Å². The van der Waals surface area contributed by atoms with Gasteiger partial charge in [0.15, 0.2) is 0 Å². The first kappa shape index (κ1) is 20.7. The van der Waals surface area contributed by atoms with E-state index in [0.29, 0.717) is 0 Å². The fourth-order valence-electron chi connectivity index (χ4n) is 6.06. The highest BCUT2D eigenvalue weighted by Crippen LogP contribution is 2.47.